The first-order valence-corrected chi connectivity index (χ1v) is 4.65. The van der Waals surface area contributed by atoms with Crippen molar-refractivity contribution in [3.8, 4) is 0 Å². The van der Waals surface area contributed by atoms with Crippen LogP contribution in [0.5, 0.6) is 0 Å². The van der Waals surface area contributed by atoms with Crippen molar-refractivity contribution >= 4 is 27.5 Å². The van der Waals surface area contributed by atoms with Crippen molar-refractivity contribution in [2.75, 3.05) is 7.11 Å². The largest absolute Gasteiger partial charge is 0.465 e. The smallest absolute Gasteiger partial charge is 0.338 e. The van der Waals surface area contributed by atoms with E-state index < -0.39 is 0 Å². The standard InChI is InChI=1S/C10H9BrO2/c1-13-10(12)9(7-11)8-5-3-2-4-6-8/h2-7H,1H3/b9-7+. The molecule has 1 aromatic rings. The maximum atomic E-state index is 11.2. The van der Waals surface area contributed by atoms with Crippen molar-refractivity contribution in [3.63, 3.8) is 0 Å². The fourth-order valence-corrected chi connectivity index (χ4v) is 1.40. The van der Waals surface area contributed by atoms with Crippen molar-refractivity contribution in [2.24, 2.45) is 0 Å². The summed E-state index contributed by atoms with van der Waals surface area (Å²) in [5.74, 6) is -0.344. The Morgan fingerprint density at radius 1 is 1.38 bits per heavy atom. The molecule has 0 amide bonds. The molecule has 13 heavy (non-hydrogen) atoms. The van der Waals surface area contributed by atoms with Crippen LogP contribution in [0.2, 0.25) is 0 Å². The molecule has 1 rings (SSSR count). The van der Waals surface area contributed by atoms with Gasteiger partial charge in [0.15, 0.2) is 0 Å². The highest BCUT2D eigenvalue weighted by molar-refractivity contribution is 9.11. The summed E-state index contributed by atoms with van der Waals surface area (Å²) >= 11 is 3.13. The Labute approximate surface area is 85.3 Å². The number of esters is 1. The van der Waals surface area contributed by atoms with Crippen molar-refractivity contribution in [2.45, 2.75) is 0 Å². The molecule has 0 aromatic heterocycles. The van der Waals surface area contributed by atoms with E-state index in [1.165, 1.54) is 7.11 Å². The first-order valence-electron chi connectivity index (χ1n) is 3.73. The Kier molecular flexibility index (Phi) is 3.71. The van der Waals surface area contributed by atoms with Crippen molar-refractivity contribution in [1.82, 2.24) is 0 Å². The maximum Gasteiger partial charge on any atom is 0.338 e. The van der Waals surface area contributed by atoms with Crippen LogP contribution in [0, 0.1) is 0 Å². The second kappa shape index (κ2) is 4.82. The third kappa shape index (κ3) is 2.42. The number of hydrogen-bond donors (Lipinski definition) is 0. The van der Waals surface area contributed by atoms with E-state index in [1.807, 2.05) is 30.3 Å². The van der Waals surface area contributed by atoms with Crippen LogP contribution in [-0.2, 0) is 9.53 Å². The quantitative estimate of drug-likeness (QED) is 0.587. The fourth-order valence-electron chi connectivity index (χ4n) is 0.953. The van der Waals surface area contributed by atoms with Gasteiger partial charge < -0.3 is 4.74 Å². The van der Waals surface area contributed by atoms with Crippen molar-refractivity contribution in [3.05, 3.63) is 40.9 Å². The van der Waals surface area contributed by atoms with Gasteiger partial charge in [0.25, 0.3) is 0 Å². The van der Waals surface area contributed by atoms with Gasteiger partial charge in [0.05, 0.1) is 12.7 Å². The second-order valence-corrected chi connectivity index (χ2v) is 2.84. The lowest BCUT2D eigenvalue weighted by Gasteiger charge is -2.03. The van der Waals surface area contributed by atoms with Gasteiger partial charge in [-0.15, -0.1) is 0 Å². The highest BCUT2D eigenvalue weighted by atomic mass is 79.9. The Balaban J connectivity index is 3.00. The number of ether oxygens (including phenoxy) is 1. The molecule has 0 aliphatic heterocycles. The van der Waals surface area contributed by atoms with Crippen LogP contribution >= 0.6 is 15.9 Å². The van der Waals surface area contributed by atoms with Gasteiger partial charge in [-0.3, -0.25) is 0 Å². The van der Waals surface area contributed by atoms with Gasteiger partial charge in [0.1, 0.15) is 0 Å². The maximum absolute atomic E-state index is 11.2. The van der Waals surface area contributed by atoms with E-state index in [4.69, 9.17) is 0 Å². The topological polar surface area (TPSA) is 26.3 Å². The third-order valence-electron chi connectivity index (χ3n) is 1.60. The van der Waals surface area contributed by atoms with Crippen LogP contribution in [-0.4, -0.2) is 13.1 Å². The molecular weight excluding hydrogens is 232 g/mol. The molecule has 0 atom stereocenters. The molecular formula is C10H9BrO2. The van der Waals surface area contributed by atoms with E-state index >= 15 is 0 Å². The summed E-state index contributed by atoms with van der Waals surface area (Å²) in [6.07, 6.45) is 0. The number of hydrogen-bond acceptors (Lipinski definition) is 2. The van der Waals surface area contributed by atoms with Crippen LogP contribution in [0.3, 0.4) is 0 Å². The lowest BCUT2D eigenvalue weighted by atomic mass is 10.1. The average Bonchev–Trinajstić information content (AvgIpc) is 2.20. The SMILES string of the molecule is COC(=O)/C(=C/Br)c1ccccc1. The zero-order valence-electron chi connectivity index (χ0n) is 7.16. The fraction of sp³-hybridized carbons (Fsp3) is 0.100. The minimum atomic E-state index is -0.344. The van der Waals surface area contributed by atoms with E-state index in [0.29, 0.717) is 5.57 Å². The molecule has 68 valence electrons. The lowest BCUT2D eigenvalue weighted by Crippen LogP contribution is -2.02. The minimum Gasteiger partial charge on any atom is -0.465 e. The molecule has 0 saturated heterocycles. The Hall–Kier alpha value is -1.09. The van der Waals surface area contributed by atoms with Crippen LogP contribution in [0.25, 0.3) is 5.57 Å². The molecule has 0 spiro atoms. The first-order chi connectivity index (χ1) is 6.29. The predicted molar refractivity (Wildman–Crippen MR) is 55.4 cm³/mol. The molecule has 0 fully saturated rings. The molecule has 0 aliphatic carbocycles. The van der Waals surface area contributed by atoms with E-state index in [9.17, 15) is 4.79 Å². The molecule has 2 nitrogen and oxygen atoms in total. The predicted octanol–water partition coefficient (Wildman–Crippen LogP) is 2.60. The van der Waals surface area contributed by atoms with E-state index in [2.05, 4.69) is 20.7 Å². The summed E-state index contributed by atoms with van der Waals surface area (Å²) in [6, 6.07) is 9.34. The van der Waals surface area contributed by atoms with Gasteiger partial charge in [0.2, 0.25) is 0 Å². The highest BCUT2D eigenvalue weighted by Crippen LogP contribution is 2.16. The first kappa shape index (κ1) is 9.99. The Morgan fingerprint density at radius 3 is 2.46 bits per heavy atom. The Bertz CT molecular complexity index is 317. The number of methoxy groups -OCH3 is 1. The monoisotopic (exact) mass is 240 g/mol. The molecule has 3 heteroatoms. The molecule has 0 radical (unpaired) electrons. The van der Waals surface area contributed by atoms with Crippen LogP contribution in [0.4, 0.5) is 0 Å². The van der Waals surface area contributed by atoms with E-state index in [1.54, 1.807) is 4.99 Å². The van der Waals surface area contributed by atoms with Crippen molar-refractivity contribution in [1.29, 1.82) is 0 Å². The van der Waals surface area contributed by atoms with Crippen molar-refractivity contribution < 1.29 is 9.53 Å². The zero-order chi connectivity index (χ0) is 9.68. The average molecular weight is 241 g/mol. The van der Waals surface area contributed by atoms with Gasteiger partial charge in [-0.2, -0.15) is 0 Å². The summed E-state index contributed by atoms with van der Waals surface area (Å²) < 4.78 is 4.62. The minimum absolute atomic E-state index is 0.344. The van der Waals surface area contributed by atoms with Gasteiger partial charge in [0, 0.05) is 0 Å². The van der Waals surface area contributed by atoms with Crippen LogP contribution in [0.1, 0.15) is 5.56 Å². The zero-order valence-corrected chi connectivity index (χ0v) is 8.74. The van der Waals surface area contributed by atoms with Gasteiger partial charge >= 0.3 is 5.97 Å². The number of carbonyl (C=O) groups excluding carboxylic acids is 1. The molecule has 0 aliphatic rings. The normalized spacial score (nSPS) is 11.1. The number of halogens is 1. The number of benzene rings is 1. The van der Waals surface area contributed by atoms with Gasteiger partial charge in [-0.05, 0) is 10.5 Å². The highest BCUT2D eigenvalue weighted by Gasteiger charge is 2.10. The molecule has 0 bridgehead atoms. The van der Waals surface area contributed by atoms with Gasteiger partial charge in [-0.25, -0.2) is 4.79 Å². The van der Waals surface area contributed by atoms with Crippen LogP contribution in [0.15, 0.2) is 35.3 Å². The molecule has 0 unspecified atom stereocenters. The summed E-state index contributed by atoms with van der Waals surface area (Å²) in [5.41, 5.74) is 1.36. The molecule has 0 N–H and O–H groups in total. The summed E-state index contributed by atoms with van der Waals surface area (Å²) in [5, 5.41) is 0. The molecule has 0 heterocycles. The summed E-state index contributed by atoms with van der Waals surface area (Å²) in [6.45, 7) is 0. The Morgan fingerprint density at radius 2 is 2.00 bits per heavy atom. The van der Waals surface area contributed by atoms with Crippen LogP contribution < -0.4 is 0 Å². The number of carbonyl (C=O) groups is 1. The third-order valence-corrected chi connectivity index (χ3v) is 2.06. The molecule has 0 saturated carbocycles. The summed E-state index contributed by atoms with van der Waals surface area (Å²) in [7, 11) is 1.36. The van der Waals surface area contributed by atoms with E-state index in [0.717, 1.165) is 5.56 Å². The van der Waals surface area contributed by atoms with Gasteiger partial charge in [-0.1, -0.05) is 46.3 Å². The molecule has 1 aromatic carbocycles. The lowest BCUT2D eigenvalue weighted by molar-refractivity contribution is -0.133. The van der Waals surface area contributed by atoms with E-state index in [-0.39, 0.29) is 5.97 Å². The number of rotatable bonds is 2. The second-order valence-electron chi connectivity index (χ2n) is 2.38. The summed E-state index contributed by atoms with van der Waals surface area (Å²) in [4.78, 5) is 12.8.